The van der Waals surface area contributed by atoms with Crippen LogP contribution in [-0.2, 0) is 11.3 Å². The Bertz CT molecular complexity index is 711. The number of rotatable bonds is 5. The van der Waals surface area contributed by atoms with Crippen LogP contribution in [0.4, 0.5) is 0 Å². The zero-order valence-electron chi connectivity index (χ0n) is 15.0. The van der Waals surface area contributed by atoms with Crippen molar-refractivity contribution in [2.24, 2.45) is 5.92 Å². The van der Waals surface area contributed by atoms with Gasteiger partial charge in [0.15, 0.2) is 0 Å². The van der Waals surface area contributed by atoms with Crippen molar-refractivity contribution in [3.63, 3.8) is 0 Å². The Hall–Kier alpha value is -2.37. The van der Waals surface area contributed by atoms with Crippen LogP contribution < -0.4 is 10.8 Å². The molecule has 1 saturated heterocycles. The maximum absolute atomic E-state index is 5.46. The first-order valence-corrected chi connectivity index (χ1v) is 9.40. The van der Waals surface area contributed by atoms with Crippen molar-refractivity contribution in [1.29, 1.82) is 0 Å². The molecule has 0 aliphatic carbocycles. The minimum absolute atomic E-state index is 0.0562. The molecule has 1 unspecified atom stereocenters. The first kappa shape index (κ1) is 17.1. The zero-order valence-corrected chi connectivity index (χ0v) is 15.0. The van der Waals surface area contributed by atoms with Crippen molar-refractivity contribution in [1.82, 2.24) is 20.7 Å². The molecule has 2 aliphatic rings. The number of pyridine rings is 1. The van der Waals surface area contributed by atoms with Gasteiger partial charge in [-0.25, -0.2) is 0 Å². The number of likely N-dealkylation sites (tertiary alicyclic amines) is 1. The molecular formula is C21H26N4O. The molecule has 3 heterocycles. The highest BCUT2D eigenvalue weighted by Crippen LogP contribution is 2.23. The van der Waals surface area contributed by atoms with Crippen molar-refractivity contribution < 1.29 is 4.84 Å². The number of nitrogens with zero attached hydrogens (tertiary/aromatic N) is 2. The lowest BCUT2D eigenvalue weighted by Gasteiger charge is -2.34. The molecule has 4 rings (SSSR count). The van der Waals surface area contributed by atoms with Crippen LogP contribution in [0.1, 0.15) is 30.1 Å². The minimum Gasteiger partial charge on any atom is -0.412 e. The Balaban J connectivity index is 1.26. The molecule has 0 saturated carbocycles. The van der Waals surface area contributed by atoms with E-state index >= 15 is 0 Å². The highest BCUT2D eigenvalue weighted by atomic mass is 16.6. The van der Waals surface area contributed by atoms with Crippen molar-refractivity contribution in [3.8, 4) is 0 Å². The van der Waals surface area contributed by atoms with Crippen LogP contribution in [0, 0.1) is 5.92 Å². The molecule has 5 heteroatoms. The number of benzene rings is 1. The van der Waals surface area contributed by atoms with Gasteiger partial charge in [-0.1, -0.05) is 36.4 Å². The molecule has 136 valence electrons. The fraction of sp³-hybridized carbons (Fsp3) is 0.381. The first-order valence-electron chi connectivity index (χ1n) is 9.40. The molecule has 1 aromatic heterocycles. The summed E-state index contributed by atoms with van der Waals surface area (Å²) in [6.07, 6.45) is 9.07. The molecule has 5 nitrogen and oxygen atoms in total. The van der Waals surface area contributed by atoms with Crippen LogP contribution in [0.3, 0.4) is 0 Å². The molecule has 26 heavy (non-hydrogen) atoms. The molecule has 0 spiro atoms. The molecule has 1 fully saturated rings. The summed E-state index contributed by atoms with van der Waals surface area (Å²) in [6, 6.07) is 14.8. The van der Waals surface area contributed by atoms with E-state index < -0.39 is 0 Å². The smallest absolute Gasteiger partial charge is 0.138 e. The quantitative estimate of drug-likeness (QED) is 0.868. The number of hydroxylamine groups is 1. The summed E-state index contributed by atoms with van der Waals surface area (Å²) in [4.78, 5) is 12.1. The minimum atomic E-state index is -0.0562. The Morgan fingerprint density at radius 2 is 1.92 bits per heavy atom. The van der Waals surface area contributed by atoms with Gasteiger partial charge in [-0.05, 0) is 49.9 Å². The lowest BCUT2D eigenvalue weighted by molar-refractivity contribution is 0.0633. The van der Waals surface area contributed by atoms with Gasteiger partial charge in [0.1, 0.15) is 12.4 Å². The predicted molar refractivity (Wildman–Crippen MR) is 102 cm³/mol. The van der Waals surface area contributed by atoms with Gasteiger partial charge in [0.2, 0.25) is 0 Å². The SMILES string of the molecule is C1=C(CN2CCC(Cc3ccccc3)CC2)NC(c2cccnc2)NO1. The Labute approximate surface area is 155 Å². The summed E-state index contributed by atoms with van der Waals surface area (Å²) in [5, 5.41) is 3.51. The fourth-order valence-electron chi connectivity index (χ4n) is 3.74. The summed E-state index contributed by atoms with van der Waals surface area (Å²) in [5.74, 6) is 0.794. The highest BCUT2D eigenvalue weighted by molar-refractivity contribution is 5.17. The third-order valence-electron chi connectivity index (χ3n) is 5.20. The molecule has 2 aliphatic heterocycles. The second kappa shape index (κ2) is 8.34. The third kappa shape index (κ3) is 4.42. The topological polar surface area (TPSA) is 49.4 Å². The van der Waals surface area contributed by atoms with Crippen molar-refractivity contribution >= 4 is 0 Å². The Morgan fingerprint density at radius 1 is 1.08 bits per heavy atom. The van der Waals surface area contributed by atoms with E-state index in [9.17, 15) is 0 Å². The molecule has 0 amide bonds. The van der Waals surface area contributed by atoms with Gasteiger partial charge in [-0.2, -0.15) is 0 Å². The summed E-state index contributed by atoms with van der Waals surface area (Å²) < 4.78 is 0. The summed E-state index contributed by atoms with van der Waals surface area (Å²) in [6.45, 7) is 3.18. The van der Waals surface area contributed by atoms with E-state index in [1.54, 1.807) is 12.5 Å². The fourth-order valence-corrected chi connectivity index (χ4v) is 3.74. The number of hydrogen-bond acceptors (Lipinski definition) is 5. The molecular weight excluding hydrogens is 324 g/mol. The largest absolute Gasteiger partial charge is 0.412 e. The van der Waals surface area contributed by atoms with Crippen LogP contribution in [0.25, 0.3) is 0 Å². The summed E-state index contributed by atoms with van der Waals surface area (Å²) in [7, 11) is 0. The molecule has 0 radical (unpaired) electrons. The van der Waals surface area contributed by atoms with Crippen LogP contribution >= 0.6 is 0 Å². The molecule has 2 N–H and O–H groups in total. The lowest BCUT2D eigenvalue weighted by atomic mass is 9.90. The van der Waals surface area contributed by atoms with Gasteiger partial charge in [-0.15, -0.1) is 5.48 Å². The molecule has 2 aromatic rings. The van der Waals surface area contributed by atoms with E-state index in [-0.39, 0.29) is 6.17 Å². The monoisotopic (exact) mass is 350 g/mol. The van der Waals surface area contributed by atoms with E-state index in [1.807, 2.05) is 18.3 Å². The summed E-state index contributed by atoms with van der Waals surface area (Å²) in [5.41, 5.74) is 6.63. The zero-order chi connectivity index (χ0) is 17.6. The van der Waals surface area contributed by atoms with E-state index in [0.29, 0.717) is 0 Å². The van der Waals surface area contributed by atoms with Crippen LogP contribution in [0.2, 0.25) is 0 Å². The van der Waals surface area contributed by atoms with E-state index in [2.05, 4.69) is 51.0 Å². The second-order valence-corrected chi connectivity index (χ2v) is 7.15. The van der Waals surface area contributed by atoms with E-state index in [4.69, 9.17) is 4.84 Å². The highest BCUT2D eigenvalue weighted by Gasteiger charge is 2.23. The average molecular weight is 350 g/mol. The molecule has 1 atom stereocenters. The predicted octanol–water partition coefficient (Wildman–Crippen LogP) is 3.00. The van der Waals surface area contributed by atoms with Crippen LogP contribution in [0.15, 0.2) is 66.8 Å². The lowest BCUT2D eigenvalue weighted by Crippen LogP contribution is -2.43. The van der Waals surface area contributed by atoms with Crippen LogP contribution in [0.5, 0.6) is 0 Å². The van der Waals surface area contributed by atoms with Gasteiger partial charge in [0, 0.05) is 24.5 Å². The maximum atomic E-state index is 5.46. The van der Waals surface area contributed by atoms with Crippen molar-refractivity contribution in [2.45, 2.75) is 25.4 Å². The van der Waals surface area contributed by atoms with Crippen molar-refractivity contribution in [2.75, 3.05) is 19.6 Å². The number of aromatic nitrogens is 1. The Morgan fingerprint density at radius 3 is 2.69 bits per heavy atom. The first-order chi connectivity index (χ1) is 12.9. The van der Waals surface area contributed by atoms with Gasteiger partial charge in [0.25, 0.3) is 0 Å². The van der Waals surface area contributed by atoms with E-state index in [1.165, 1.54) is 24.8 Å². The second-order valence-electron chi connectivity index (χ2n) is 7.15. The molecule has 1 aromatic carbocycles. The number of nitrogens with one attached hydrogen (secondary N) is 2. The average Bonchev–Trinajstić information content (AvgIpc) is 2.71. The number of piperidine rings is 1. The van der Waals surface area contributed by atoms with Gasteiger partial charge < -0.3 is 10.2 Å². The standard InChI is InChI=1S/C21H26N4O/c1-2-5-17(6-3-1)13-18-8-11-25(12-9-18)15-20-16-26-24-21(23-20)19-7-4-10-22-14-19/h1-7,10,14,16,18,21,23-24H,8-9,11-13,15H2. The maximum Gasteiger partial charge on any atom is 0.138 e. The number of hydrogen-bond donors (Lipinski definition) is 2. The van der Waals surface area contributed by atoms with Crippen LogP contribution in [-0.4, -0.2) is 29.5 Å². The van der Waals surface area contributed by atoms with Crippen molar-refractivity contribution in [3.05, 3.63) is 77.9 Å². The van der Waals surface area contributed by atoms with Gasteiger partial charge in [-0.3, -0.25) is 9.88 Å². The third-order valence-corrected chi connectivity index (χ3v) is 5.20. The van der Waals surface area contributed by atoms with E-state index in [0.717, 1.165) is 36.8 Å². The Kier molecular flexibility index (Phi) is 5.47. The molecule has 0 bridgehead atoms. The van der Waals surface area contributed by atoms with Gasteiger partial charge in [0.05, 0.1) is 5.70 Å². The summed E-state index contributed by atoms with van der Waals surface area (Å²) >= 11 is 0. The van der Waals surface area contributed by atoms with Gasteiger partial charge >= 0.3 is 0 Å². The normalized spacial score (nSPS) is 21.5.